The molecule has 1 heterocycles. The third kappa shape index (κ3) is 4.40. The van der Waals surface area contributed by atoms with E-state index in [1.807, 2.05) is 86.4 Å². The van der Waals surface area contributed by atoms with E-state index in [0.29, 0.717) is 11.6 Å². The average Bonchev–Trinajstić information content (AvgIpc) is 3.11. The molecule has 1 unspecified atom stereocenters. The largest absolute Gasteiger partial charge is 0.341 e. The first-order chi connectivity index (χ1) is 13.0. The van der Waals surface area contributed by atoms with E-state index in [1.165, 1.54) is 0 Å². The summed E-state index contributed by atoms with van der Waals surface area (Å²) in [5, 5.41) is 5.48. The van der Waals surface area contributed by atoms with Gasteiger partial charge in [-0.05, 0) is 30.7 Å². The van der Waals surface area contributed by atoms with Gasteiger partial charge in [0.15, 0.2) is 0 Å². The highest BCUT2D eigenvalue weighted by atomic mass is 35.5. The predicted octanol–water partition coefficient (Wildman–Crippen LogP) is 5.20. The third-order valence-electron chi connectivity index (χ3n) is 4.75. The Morgan fingerprint density at radius 1 is 1.15 bits per heavy atom. The van der Waals surface area contributed by atoms with Gasteiger partial charge in [-0.1, -0.05) is 55.8 Å². The standard InChI is InChI=1S/C22H24ClN3O/c1-4-16(2)22(27)25(3)14-18-15-26(20-8-6-5-7-9-20)24-21(18)17-10-12-19(23)13-11-17/h5-13,15-16H,4,14H2,1-3H3. The summed E-state index contributed by atoms with van der Waals surface area (Å²) in [6.45, 7) is 4.50. The van der Waals surface area contributed by atoms with Gasteiger partial charge in [-0.3, -0.25) is 4.79 Å². The van der Waals surface area contributed by atoms with Crippen molar-refractivity contribution in [1.82, 2.24) is 14.7 Å². The molecule has 140 valence electrons. The molecule has 5 heteroatoms. The van der Waals surface area contributed by atoms with Gasteiger partial charge in [-0.2, -0.15) is 5.10 Å². The fraction of sp³-hybridized carbons (Fsp3) is 0.273. The van der Waals surface area contributed by atoms with Gasteiger partial charge in [-0.25, -0.2) is 4.68 Å². The van der Waals surface area contributed by atoms with Crippen molar-refractivity contribution < 1.29 is 4.79 Å². The van der Waals surface area contributed by atoms with Crippen LogP contribution in [0.2, 0.25) is 5.02 Å². The van der Waals surface area contributed by atoms with E-state index in [-0.39, 0.29) is 11.8 Å². The molecule has 0 aliphatic rings. The van der Waals surface area contributed by atoms with Gasteiger partial charge in [-0.15, -0.1) is 0 Å². The average molecular weight is 382 g/mol. The molecule has 0 radical (unpaired) electrons. The summed E-state index contributed by atoms with van der Waals surface area (Å²) >= 11 is 6.04. The highest BCUT2D eigenvalue weighted by Crippen LogP contribution is 2.26. The smallest absolute Gasteiger partial charge is 0.225 e. The highest BCUT2D eigenvalue weighted by Gasteiger charge is 2.19. The molecule has 3 aromatic rings. The van der Waals surface area contributed by atoms with Crippen molar-refractivity contribution in [3.05, 3.63) is 71.4 Å². The second-order valence-electron chi connectivity index (χ2n) is 6.79. The van der Waals surface area contributed by atoms with Crippen molar-refractivity contribution in [2.75, 3.05) is 7.05 Å². The SMILES string of the molecule is CCC(C)C(=O)N(C)Cc1cn(-c2ccccc2)nc1-c1ccc(Cl)cc1. The number of aromatic nitrogens is 2. The van der Waals surface area contributed by atoms with Crippen molar-refractivity contribution in [3.63, 3.8) is 0 Å². The van der Waals surface area contributed by atoms with Crippen LogP contribution in [0.15, 0.2) is 60.8 Å². The number of carbonyl (C=O) groups excluding carboxylic acids is 1. The van der Waals surface area contributed by atoms with E-state index >= 15 is 0 Å². The zero-order valence-corrected chi connectivity index (χ0v) is 16.6. The van der Waals surface area contributed by atoms with E-state index in [1.54, 1.807) is 4.90 Å². The Morgan fingerprint density at radius 3 is 2.44 bits per heavy atom. The van der Waals surface area contributed by atoms with Crippen LogP contribution < -0.4 is 0 Å². The molecule has 4 nitrogen and oxygen atoms in total. The van der Waals surface area contributed by atoms with Crippen molar-refractivity contribution in [2.24, 2.45) is 5.92 Å². The lowest BCUT2D eigenvalue weighted by Crippen LogP contribution is -2.31. The molecule has 3 rings (SSSR count). The van der Waals surface area contributed by atoms with Crippen LogP contribution in [-0.4, -0.2) is 27.6 Å². The van der Waals surface area contributed by atoms with Crippen LogP contribution in [-0.2, 0) is 11.3 Å². The van der Waals surface area contributed by atoms with E-state index in [0.717, 1.165) is 28.9 Å². The number of para-hydroxylation sites is 1. The maximum atomic E-state index is 12.5. The topological polar surface area (TPSA) is 38.1 Å². The lowest BCUT2D eigenvalue weighted by atomic mass is 10.1. The Bertz CT molecular complexity index is 903. The fourth-order valence-corrected chi connectivity index (χ4v) is 3.10. The van der Waals surface area contributed by atoms with Crippen LogP contribution in [0.5, 0.6) is 0 Å². The molecule has 1 atom stereocenters. The van der Waals surface area contributed by atoms with Crippen LogP contribution >= 0.6 is 11.6 Å². The number of carbonyl (C=O) groups is 1. The maximum Gasteiger partial charge on any atom is 0.225 e. The summed E-state index contributed by atoms with van der Waals surface area (Å²) in [6, 6.07) is 17.6. The maximum absolute atomic E-state index is 12.5. The molecule has 0 saturated heterocycles. The number of halogens is 1. The monoisotopic (exact) mass is 381 g/mol. The van der Waals surface area contributed by atoms with Crippen LogP contribution in [0.3, 0.4) is 0 Å². The van der Waals surface area contributed by atoms with Crippen LogP contribution in [0.1, 0.15) is 25.8 Å². The lowest BCUT2D eigenvalue weighted by molar-refractivity contribution is -0.134. The van der Waals surface area contributed by atoms with Crippen molar-refractivity contribution in [1.29, 1.82) is 0 Å². The molecule has 0 aliphatic carbocycles. The predicted molar refractivity (Wildman–Crippen MR) is 110 cm³/mol. The summed E-state index contributed by atoms with van der Waals surface area (Å²) in [6.07, 6.45) is 2.83. The first-order valence-electron chi connectivity index (χ1n) is 9.14. The molecule has 0 aliphatic heterocycles. The Labute approximate surface area is 165 Å². The first-order valence-corrected chi connectivity index (χ1v) is 9.52. The lowest BCUT2D eigenvalue weighted by Gasteiger charge is -2.20. The molecule has 0 bridgehead atoms. The molecule has 1 amide bonds. The highest BCUT2D eigenvalue weighted by molar-refractivity contribution is 6.30. The van der Waals surface area contributed by atoms with E-state index in [9.17, 15) is 4.79 Å². The van der Waals surface area contributed by atoms with Gasteiger partial charge in [0.2, 0.25) is 5.91 Å². The fourth-order valence-electron chi connectivity index (χ4n) is 2.97. The Hall–Kier alpha value is -2.59. The zero-order chi connectivity index (χ0) is 19.4. The van der Waals surface area contributed by atoms with Crippen LogP contribution in [0.25, 0.3) is 16.9 Å². The van der Waals surface area contributed by atoms with Crippen molar-refractivity contribution in [3.8, 4) is 16.9 Å². The van der Waals surface area contributed by atoms with E-state index < -0.39 is 0 Å². The van der Waals surface area contributed by atoms with Gasteiger partial charge in [0.25, 0.3) is 0 Å². The second kappa shape index (κ2) is 8.40. The van der Waals surface area contributed by atoms with Crippen molar-refractivity contribution >= 4 is 17.5 Å². The molecule has 0 spiro atoms. The molecule has 2 aromatic carbocycles. The number of benzene rings is 2. The third-order valence-corrected chi connectivity index (χ3v) is 5.00. The first kappa shape index (κ1) is 19.2. The van der Waals surface area contributed by atoms with Crippen LogP contribution in [0, 0.1) is 5.92 Å². The molecule has 0 fully saturated rings. The zero-order valence-electron chi connectivity index (χ0n) is 15.9. The molecule has 27 heavy (non-hydrogen) atoms. The van der Waals surface area contributed by atoms with Gasteiger partial charge < -0.3 is 4.90 Å². The molecule has 0 saturated carbocycles. The van der Waals surface area contributed by atoms with E-state index in [4.69, 9.17) is 16.7 Å². The summed E-state index contributed by atoms with van der Waals surface area (Å²) in [7, 11) is 1.85. The van der Waals surface area contributed by atoms with Gasteiger partial charge in [0.05, 0.1) is 11.4 Å². The Balaban J connectivity index is 1.99. The van der Waals surface area contributed by atoms with Gasteiger partial charge >= 0.3 is 0 Å². The molecular weight excluding hydrogens is 358 g/mol. The number of amides is 1. The number of rotatable bonds is 6. The minimum Gasteiger partial charge on any atom is -0.341 e. The normalized spacial score (nSPS) is 12.0. The minimum absolute atomic E-state index is 0.0122. The number of nitrogens with zero attached hydrogens (tertiary/aromatic N) is 3. The summed E-state index contributed by atoms with van der Waals surface area (Å²) < 4.78 is 1.86. The molecule has 0 N–H and O–H groups in total. The van der Waals surface area contributed by atoms with E-state index in [2.05, 4.69) is 0 Å². The number of hydrogen-bond acceptors (Lipinski definition) is 2. The quantitative estimate of drug-likeness (QED) is 0.588. The van der Waals surface area contributed by atoms with Gasteiger partial charge in [0.1, 0.15) is 0 Å². The minimum atomic E-state index is 0.0122. The Morgan fingerprint density at radius 2 is 1.81 bits per heavy atom. The van der Waals surface area contributed by atoms with Crippen molar-refractivity contribution in [2.45, 2.75) is 26.8 Å². The summed E-state index contributed by atoms with van der Waals surface area (Å²) in [5.41, 5.74) is 3.82. The molecular formula is C22H24ClN3O. The molecule has 1 aromatic heterocycles. The summed E-state index contributed by atoms with van der Waals surface area (Å²) in [5.74, 6) is 0.158. The van der Waals surface area contributed by atoms with Crippen LogP contribution in [0.4, 0.5) is 0 Å². The number of hydrogen-bond donors (Lipinski definition) is 0. The summed E-state index contributed by atoms with van der Waals surface area (Å²) in [4.78, 5) is 14.3. The Kier molecular flexibility index (Phi) is 5.97. The van der Waals surface area contributed by atoms with Gasteiger partial charge in [0, 0.05) is 41.9 Å². The second-order valence-corrected chi connectivity index (χ2v) is 7.23.